The quantitative estimate of drug-likeness (QED) is 0.505. The van der Waals surface area contributed by atoms with Crippen LogP contribution in [-0.2, 0) is 4.57 Å². The summed E-state index contributed by atoms with van der Waals surface area (Å²) in [6, 6.07) is 0. The third kappa shape index (κ3) is 0.832. The van der Waals surface area contributed by atoms with Crippen LogP contribution in [0.4, 0.5) is 0 Å². The topological polar surface area (TPSA) is 17.1 Å². The second-order valence-electron chi connectivity index (χ2n) is 2.17. The molecule has 1 saturated carbocycles. The van der Waals surface area contributed by atoms with Crippen molar-refractivity contribution in [2.24, 2.45) is 0 Å². The lowest BCUT2D eigenvalue weighted by Gasteiger charge is -1.93. The smallest absolute Gasteiger partial charge is 0.162 e. The summed E-state index contributed by atoms with van der Waals surface area (Å²) in [4.78, 5) is 0. The molecule has 0 aromatic rings. The van der Waals surface area contributed by atoms with Gasteiger partial charge >= 0.3 is 0 Å². The monoisotopic (exact) mass is 116 g/mol. The summed E-state index contributed by atoms with van der Waals surface area (Å²) >= 11 is 0. The van der Waals surface area contributed by atoms with Gasteiger partial charge in [-0.3, -0.25) is 4.57 Å². The average Bonchev–Trinajstić information content (AvgIpc) is 2.46. The molecule has 1 rings (SSSR count). The van der Waals surface area contributed by atoms with E-state index < -0.39 is 0 Å². The molecule has 1 aliphatic carbocycles. The van der Waals surface area contributed by atoms with Crippen LogP contribution < -0.4 is 0 Å². The molecule has 0 bridgehead atoms. The fourth-order valence-corrected chi connectivity index (χ4v) is 1.08. The van der Waals surface area contributed by atoms with Crippen LogP contribution >= 0.6 is 8.46 Å². The summed E-state index contributed by atoms with van der Waals surface area (Å²) in [5, 5.41) is 0.250. The van der Waals surface area contributed by atoms with E-state index in [9.17, 15) is 4.57 Å². The average molecular weight is 116 g/mol. The highest BCUT2D eigenvalue weighted by molar-refractivity contribution is 7.26. The first-order valence-corrected chi connectivity index (χ1v) is 3.49. The highest BCUT2D eigenvalue weighted by atomic mass is 31.1. The van der Waals surface area contributed by atoms with Crippen molar-refractivity contribution in [2.45, 2.75) is 31.3 Å². The van der Waals surface area contributed by atoms with E-state index in [2.05, 4.69) is 6.92 Å². The van der Waals surface area contributed by atoms with E-state index in [0.717, 1.165) is 6.42 Å². The van der Waals surface area contributed by atoms with Crippen LogP contribution in [0.15, 0.2) is 0 Å². The lowest BCUT2D eigenvalue weighted by atomic mass is 10.3. The van der Waals surface area contributed by atoms with Crippen LogP contribution in [0.3, 0.4) is 0 Å². The summed E-state index contributed by atoms with van der Waals surface area (Å²) < 4.78 is 10.2. The minimum atomic E-state index is 0.250. The molecule has 0 saturated heterocycles. The largest absolute Gasteiger partial charge is 0.274 e. The molecular formula is C5H9OP. The second-order valence-corrected chi connectivity index (χ2v) is 3.30. The van der Waals surface area contributed by atoms with E-state index in [1.54, 1.807) is 0 Å². The lowest BCUT2D eigenvalue weighted by Crippen LogP contribution is -1.90. The van der Waals surface area contributed by atoms with E-state index in [1.807, 2.05) is 0 Å². The van der Waals surface area contributed by atoms with Crippen molar-refractivity contribution in [3.8, 4) is 0 Å². The SMILES string of the molecule is CCC1(P=O)CC1. The van der Waals surface area contributed by atoms with Crippen molar-refractivity contribution in [3.63, 3.8) is 0 Å². The number of rotatable bonds is 2. The van der Waals surface area contributed by atoms with Crippen molar-refractivity contribution in [2.75, 3.05) is 0 Å². The van der Waals surface area contributed by atoms with Gasteiger partial charge in [0.05, 0.1) is 5.16 Å². The van der Waals surface area contributed by atoms with Gasteiger partial charge in [0.2, 0.25) is 0 Å². The summed E-state index contributed by atoms with van der Waals surface area (Å²) in [5.41, 5.74) is 0. The predicted molar refractivity (Wildman–Crippen MR) is 29.9 cm³/mol. The number of hydrogen-bond donors (Lipinski definition) is 0. The Bertz CT molecular complexity index is 86.1. The molecule has 7 heavy (non-hydrogen) atoms. The normalized spacial score (nSPS) is 25.3. The molecule has 0 radical (unpaired) electrons. The van der Waals surface area contributed by atoms with Gasteiger partial charge in [-0.15, -0.1) is 0 Å². The standard InChI is InChI=1S/C5H9OP/c1-2-5(7-6)3-4-5/h2-4H2,1H3. The fraction of sp³-hybridized carbons (Fsp3) is 1.00. The number of hydrogen-bond acceptors (Lipinski definition) is 1. The van der Waals surface area contributed by atoms with Crippen molar-refractivity contribution in [1.82, 2.24) is 0 Å². The molecule has 0 atom stereocenters. The maximum absolute atomic E-state index is 10.2. The van der Waals surface area contributed by atoms with Gasteiger partial charge in [-0.1, -0.05) is 6.92 Å². The van der Waals surface area contributed by atoms with Crippen molar-refractivity contribution in [3.05, 3.63) is 0 Å². The molecule has 0 aromatic carbocycles. The van der Waals surface area contributed by atoms with Gasteiger partial charge in [0, 0.05) is 0 Å². The van der Waals surface area contributed by atoms with Crippen LogP contribution in [0.2, 0.25) is 0 Å². The van der Waals surface area contributed by atoms with Gasteiger partial charge in [-0.05, 0) is 19.3 Å². The Balaban J connectivity index is 2.42. The molecule has 1 nitrogen and oxygen atoms in total. The molecule has 1 fully saturated rings. The Morgan fingerprint density at radius 2 is 2.29 bits per heavy atom. The van der Waals surface area contributed by atoms with Crippen LogP contribution in [0.25, 0.3) is 0 Å². The zero-order valence-corrected chi connectivity index (χ0v) is 5.37. The molecular weight excluding hydrogens is 107 g/mol. The van der Waals surface area contributed by atoms with E-state index in [1.165, 1.54) is 12.8 Å². The Hall–Kier alpha value is 0.100. The van der Waals surface area contributed by atoms with Gasteiger partial charge in [0.15, 0.2) is 8.46 Å². The van der Waals surface area contributed by atoms with Crippen molar-refractivity contribution in [1.29, 1.82) is 0 Å². The van der Waals surface area contributed by atoms with E-state index in [0.29, 0.717) is 8.46 Å². The third-order valence-corrected chi connectivity index (χ3v) is 2.83. The zero-order chi connectivity index (χ0) is 5.33. The van der Waals surface area contributed by atoms with Gasteiger partial charge in [0.1, 0.15) is 0 Å². The summed E-state index contributed by atoms with van der Waals surface area (Å²) in [5.74, 6) is 0. The third-order valence-electron chi connectivity index (χ3n) is 1.68. The first-order valence-electron chi connectivity index (χ1n) is 2.67. The lowest BCUT2D eigenvalue weighted by molar-refractivity contribution is 0.586. The van der Waals surface area contributed by atoms with Crippen LogP contribution in [0.5, 0.6) is 0 Å². The van der Waals surface area contributed by atoms with Crippen LogP contribution in [0, 0.1) is 0 Å². The molecule has 0 aromatic heterocycles. The predicted octanol–water partition coefficient (Wildman–Crippen LogP) is 2.22. The van der Waals surface area contributed by atoms with E-state index >= 15 is 0 Å². The van der Waals surface area contributed by atoms with Crippen molar-refractivity contribution >= 4 is 8.46 Å². The Kier molecular flexibility index (Phi) is 1.16. The molecule has 0 spiro atoms. The molecule has 0 amide bonds. The van der Waals surface area contributed by atoms with Gasteiger partial charge in [-0.25, -0.2) is 0 Å². The van der Waals surface area contributed by atoms with Gasteiger partial charge < -0.3 is 0 Å². The molecule has 0 heterocycles. The minimum absolute atomic E-state index is 0.250. The fourth-order valence-electron chi connectivity index (χ4n) is 0.654. The highest BCUT2D eigenvalue weighted by Crippen LogP contribution is 2.49. The molecule has 0 N–H and O–H groups in total. The second kappa shape index (κ2) is 1.56. The van der Waals surface area contributed by atoms with Gasteiger partial charge in [0.25, 0.3) is 0 Å². The van der Waals surface area contributed by atoms with Crippen molar-refractivity contribution < 1.29 is 4.57 Å². The molecule has 0 unspecified atom stereocenters. The van der Waals surface area contributed by atoms with E-state index in [4.69, 9.17) is 0 Å². The maximum atomic E-state index is 10.2. The van der Waals surface area contributed by atoms with Crippen LogP contribution in [-0.4, -0.2) is 5.16 Å². The summed E-state index contributed by atoms with van der Waals surface area (Å²) in [7, 11) is 0.367. The Labute approximate surface area is 45.3 Å². The molecule has 1 aliphatic rings. The van der Waals surface area contributed by atoms with Gasteiger partial charge in [-0.2, -0.15) is 0 Å². The zero-order valence-electron chi connectivity index (χ0n) is 4.48. The molecule has 2 heteroatoms. The van der Waals surface area contributed by atoms with E-state index in [-0.39, 0.29) is 5.16 Å². The summed E-state index contributed by atoms with van der Waals surface area (Å²) in [6.45, 7) is 2.10. The Morgan fingerprint density at radius 3 is 2.29 bits per heavy atom. The van der Waals surface area contributed by atoms with Crippen LogP contribution in [0.1, 0.15) is 26.2 Å². The Morgan fingerprint density at radius 1 is 1.71 bits per heavy atom. The summed E-state index contributed by atoms with van der Waals surface area (Å²) in [6.07, 6.45) is 3.43. The maximum Gasteiger partial charge on any atom is 0.162 e. The first kappa shape index (κ1) is 5.24. The molecule has 40 valence electrons. The first-order chi connectivity index (χ1) is 3.33. The minimum Gasteiger partial charge on any atom is -0.274 e. The molecule has 0 aliphatic heterocycles. The highest BCUT2D eigenvalue weighted by Gasteiger charge is 2.41.